The van der Waals surface area contributed by atoms with E-state index in [0.29, 0.717) is 17.8 Å². The molecule has 1 spiro atoms. The van der Waals surface area contributed by atoms with Crippen LogP contribution in [-0.4, -0.2) is 55.9 Å². The molecule has 0 radical (unpaired) electrons. The Morgan fingerprint density at radius 2 is 2.07 bits per heavy atom. The second kappa shape index (κ2) is 6.07. The fourth-order valence-electron chi connectivity index (χ4n) is 4.62. The summed E-state index contributed by atoms with van der Waals surface area (Å²) in [6, 6.07) is 11.4. The molecule has 1 saturated heterocycles. The molecule has 0 atom stereocenters. The predicted molar refractivity (Wildman–Crippen MR) is 112 cm³/mol. The lowest BCUT2D eigenvalue weighted by Crippen LogP contribution is -2.57. The highest BCUT2D eigenvalue weighted by Gasteiger charge is 2.53. The normalized spacial score (nSPS) is 17.6. The first-order valence-corrected chi connectivity index (χ1v) is 10.0. The molecule has 30 heavy (non-hydrogen) atoms. The van der Waals surface area contributed by atoms with Crippen molar-refractivity contribution in [3.8, 4) is 6.07 Å². The Morgan fingerprint density at radius 1 is 1.17 bits per heavy atom. The van der Waals surface area contributed by atoms with E-state index in [0.717, 1.165) is 53.7 Å². The Morgan fingerprint density at radius 3 is 2.90 bits per heavy atom. The van der Waals surface area contributed by atoms with Crippen molar-refractivity contribution in [3.63, 3.8) is 0 Å². The summed E-state index contributed by atoms with van der Waals surface area (Å²) >= 11 is 0. The van der Waals surface area contributed by atoms with Crippen molar-refractivity contribution in [3.05, 3.63) is 54.1 Å². The first-order chi connectivity index (χ1) is 14.7. The van der Waals surface area contributed by atoms with Gasteiger partial charge in [-0.05, 0) is 43.2 Å². The molecule has 6 rings (SSSR count). The summed E-state index contributed by atoms with van der Waals surface area (Å²) in [5.74, 6) is 0.950. The molecule has 0 bridgehead atoms. The van der Waals surface area contributed by atoms with Gasteiger partial charge in [0.1, 0.15) is 23.5 Å². The zero-order valence-electron chi connectivity index (χ0n) is 16.2. The number of fused-ring (bicyclic) bond motifs is 2. The lowest BCUT2D eigenvalue weighted by molar-refractivity contribution is 0.0619. The number of aromatic amines is 2. The number of nitrogens with one attached hydrogen (secondary N) is 2. The fourth-order valence-corrected chi connectivity index (χ4v) is 4.62. The van der Waals surface area contributed by atoms with Crippen LogP contribution >= 0.6 is 0 Å². The zero-order valence-corrected chi connectivity index (χ0v) is 16.2. The van der Waals surface area contributed by atoms with Crippen molar-refractivity contribution < 1.29 is 4.79 Å². The van der Waals surface area contributed by atoms with Crippen LogP contribution in [0.1, 0.15) is 28.9 Å². The minimum absolute atomic E-state index is 0.0244. The summed E-state index contributed by atoms with van der Waals surface area (Å²) in [5, 5.41) is 11.0. The topological polar surface area (TPSA) is 105 Å². The van der Waals surface area contributed by atoms with Gasteiger partial charge in [0.2, 0.25) is 0 Å². The van der Waals surface area contributed by atoms with Crippen LogP contribution < -0.4 is 4.90 Å². The highest BCUT2D eigenvalue weighted by atomic mass is 16.2. The molecule has 2 aliphatic rings. The Bertz CT molecular complexity index is 1340. The molecular weight excluding hydrogens is 378 g/mol. The largest absolute Gasteiger partial charge is 0.352 e. The van der Waals surface area contributed by atoms with Crippen LogP contribution in [0, 0.1) is 11.3 Å². The van der Waals surface area contributed by atoms with Crippen LogP contribution in [-0.2, 0) is 0 Å². The van der Waals surface area contributed by atoms with E-state index in [9.17, 15) is 4.79 Å². The van der Waals surface area contributed by atoms with Gasteiger partial charge in [-0.1, -0.05) is 0 Å². The van der Waals surface area contributed by atoms with Crippen LogP contribution in [0.15, 0.2) is 42.9 Å². The third kappa shape index (κ3) is 2.48. The van der Waals surface area contributed by atoms with E-state index in [4.69, 9.17) is 5.26 Å². The number of carbonyl (C=O) groups is 1. The number of H-pyrrole nitrogens is 2. The van der Waals surface area contributed by atoms with Crippen LogP contribution in [0.2, 0.25) is 0 Å². The SMILES string of the molecule is N#Cc1ccc2[nH]c(C(=O)N3CCN(c4ncnc5[nH]ccc45)CC34CC4)cc2c1. The number of hydrogen-bond acceptors (Lipinski definition) is 5. The Labute approximate surface area is 172 Å². The molecule has 2 fully saturated rings. The maximum atomic E-state index is 13.4. The number of carbonyl (C=O) groups excluding carboxylic acids is 1. The van der Waals surface area contributed by atoms with Crippen molar-refractivity contribution >= 4 is 33.7 Å². The number of nitriles is 1. The molecule has 4 heterocycles. The average Bonchev–Trinajstić information content (AvgIpc) is 3.19. The monoisotopic (exact) mass is 397 g/mol. The van der Waals surface area contributed by atoms with Crippen LogP contribution in [0.3, 0.4) is 0 Å². The summed E-state index contributed by atoms with van der Waals surface area (Å²) in [4.78, 5) is 32.9. The molecule has 8 heteroatoms. The van der Waals surface area contributed by atoms with Gasteiger partial charge < -0.3 is 19.8 Å². The smallest absolute Gasteiger partial charge is 0.270 e. The molecule has 0 unspecified atom stereocenters. The third-order valence-electron chi connectivity index (χ3n) is 6.34. The number of benzene rings is 1. The molecule has 1 saturated carbocycles. The Kier molecular flexibility index (Phi) is 3.45. The lowest BCUT2D eigenvalue weighted by Gasteiger charge is -2.42. The van der Waals surface area contributed by atoms with Gasteiger partial charge in [-0.25, -0.2) is 9.97 Å². The van der Waals surface area contributed by atoms with Gasteiger partial charge in [0.05, 0.1) is 22.6 Å². The lowest BCUT2D eigenvalue weighted by atomic mass is 10.1. The Hall–Kier alpha value is -3.86. The van der Waals surface area contributed by atoms with Crippen molar-refractivity contribution in [2.75, 3.05) is 24.5 Å². The summed E-state index contributed by atoms with van der Waals surface area (Å²) in [6.45, 7) is 2.14. The van der Waals surface area contributed by atoms with E-state index in [2.05, 4.69) is 30.9 Å². The van der Waals surface area contributed by atoms with Crippen molar-refractivity contribution in [1.29, 1.82) is 5.26 Å². The van der Waals surface area contributed by atoms with Crippen molar-refractivity contribution in [2.45, 2.75) is 18.4 Å². The van der Waals surface area contributed by atoms with Gasteiger partial charge in [0, 0.05) is 36.7 Å². The fraction of sp³-hybridized carbons (Fsp3) is 0.273. The molecule has 2 N–H and O–H groups in total. The molecule has 3 aromatic heterocycles. The van der Waals surface area contributed by atoms with Gasteiger partial charge in [0.15, 0.2) is 0 Å². The summed E-state index contributed by atoms with van der Waals surface area (Å²) in [5.41, 5.74) is 2.73. The quantitative estimate of drug-likeness (QED) is 0.541. The zero-order chi connectivity index (χ0) is 20.3. The van der Waals surface area contributed by atoms with E-state index >= 15 is 0 Å². The molecule has 1 aromatic carbocycles. The number of anilines is 1. The van der Waals surface area contributed by atoms with Gasteiger partial charge >= 0.3 is 0 Å². The maximum absolute atomic E-state index is 13.4. The van der Waals surface area contributed by atoms with Crippen LogP contribution in [0.5, 0.6) is 0 Å². The molecule has 4 aromatic rings. The molecule has 1 aliphatic heterocycles. The summed E-state index contributed by atoms with van der Waals surface area (Å²) < 4.78 is 0. The number of amides is 1. The second-order valence-corrected chi connectivity index (χ2v) is 8.14. The minimum Gasteiger partial charge on any atom is -0.352 e. The predicted octanol–water partition coefficient (Wildman–Crippen LogP) is 2.81. The van der Waals surface area contributed by atoms with E-state index < -0.39 is 0 Å². The van der Waals surface area contributed by atoms with E-state index in [1.165, 1.54) is 0 Å². The molecular formula is C22H19N7O. The van der Waals surface area contributed by atoms with Crippen molar-refractivity contribution in [1.82, 2.24) is 24.8 Å². The Balaban J connectivity index is 1.29. The van der Waals surface area contributed by atoms with Crippen molar-refractivity contribution in [2.24, 2.45) is 0 Å². The number of rotatable bonds is 2. The highest BCUT2D eigenvalue weighted by molar-refractivity contribution is 5.99. The number of aromatic nitrogens is 4. The van der Waals surface area contributed by atoms with Gasteiger partial charge in [-0.15, -0.1) is 0 Å². The maximum Gasteiger partial charge on any atom is 0.270 e. The molecule has 148 valence electrons. The third-order valence-corrected chi connectivity index (χ3v) is 6.34. The number of hydrogen-bond donors (Lipinski definition) is 2. The minimum atomic E-state index is -0.141. The molecule has 1 amide bonds. The van der Waals surface area contributed by atoms with E-state index in [1.54, 1.807) is 12.4 Å². The van der Waals surface area contributed by atoms with Gasteiger partial charge in [-0.2, -0.15) is 5.26 Å². The average molecular weight is 397 g/mol. The van der Waals surface area contributed by atoms with Crippen LogP contribution in [0.25, 0.3) is 21.9 Å². The second-order valence-electron chi connectivity index (χ2n) is 8.14. The van der Waals surface area contributed by atoms with Gasteiger partial charge in [0.25, 0.3) is 5.91 Å². The van der Waals surface area contributed by atoms with Crippen LogP contribution in [0.4, 0.5) is 5.82 Å². The van der Waals surface area contributed by atoms with Gasteiger partial charge in [-0.3, -0.25) is 4.79 Å². The first kappa shape index (κ1) is 17.0. The molecule has 8 nitrogen and oxygen atoms in total. The summed E-state index contributed by atoms with van der Waals surface area (Å²) in [6.07, 6.45) is 5.46. The van der Waals surface area contributed by atoms with E-state index in [-0.39, 0.29) is 11.4 Å². The molecule has 1 aliphatic carbocycles. The summed E-state index contributed by atoms with van der Waals surface area (Å²) in [7, 11) is 0. The highest BCUT2D eigenvalue weighted by Crippen LogP contribution is 2.46. The number of piperazine rings is 1. The number of nitrogens with zero attached hydrogens (tertiary/aromatic N) is 5. The van der Waals surface area contributed by atoms with E-state index in [1.807, 2.05) is 35.4 Å². The standard InChI is InChI=1S/C22H19N7O/c23-11-14-1-2-17-15(9-14)10-18(27-17)21(30)29-8-7-28(12-22(29)4-5-22)20-16-3-6-24-19(16)25-13-26-20/h1-3,6,9-10,13,27H,4-5,7-8,12H2,(H,24,25,26). The first-order valence-electron chi connectivity index (χ1n) is 10.0.